The summed E-state index contributed by atoms with van der Waals surface area (Å²) in [5.41, 5.74) is 7.67. The Morgan fingerprint density at radius 1 is 1.46 bits per heavy atom. The van der Waals surface area contributed by atoms with Crippen molar-refractivity contribution < 1.29 is 9.84 Å². The second-order valence-corrected chi connectivity index (χ2v) is 3.07. The van der Waals surface area contributed by atoms with Gasteiger partial charge >= 0.3 is 0 Å². The van der Waals surface area contributed by atoms with Gasteiger partial charge < -0.3 is 15.6 Å². The summed E-state index contributed by atoms with van der Waals surface area (Å²) in [5, 5.41) is 8.88. The molecule has 1 aromatic carbocycles. The molecule has 0 spiro atoms. The van der Waals surface area contributed by atoms with Crippen LogP contribution in [0.25, 0.3) is 0 Å². The molecule has 3 N–H and O–H groups in total. The van der Waals surface area contributed by atoms with Crippen LogP contribution in [-0.4, -0.2) is 18.8 Å². The summed E-state index contributed by atoms with van der Waals surface area (Å²) in [6.07, 6.45) is 0. The maximum atomic E-state index is 8.88. The van der Waals surface area contributed by atoms with Crippen LogP contribution in [0.3, 0.4) is 0 Å². The maximum absolute atomic E-state index is 8.88. The smallest absolute Gasteiger partial charge is 0.119 e. The lowest BCUT2D eigenvalue weighted by atomic mass is 10.1. The molecule has 0 saturated carbocycles. The van der Waals surface area contributed by atoms with Gasteiger partial charge in [0, 0.05) is 0 Å². The highest BCUT2D eigenvalue weighted by Crippen LogP contribution is 2.20. The molecule has 1 aromatic rings. The molecule has 0 amide bonds. The number of aliphatic hydroxyl groups is 1. The minimum Gasteiger partial charge on any atom is -0.497 e. The molecule has 3 nitrogen and oxygen atoms in total. The standard InChI is InChI=1S/C10H15NO2/c1-7-3-8(10(11)6-12)5-9(4-7)13-2/h3-5,10,12H,6,11H2,1-2H3. The summed E-state index contributed by atoms with van der Waals surface area (Å²) in [6, 6.07) is 5.39. The van der Waals surface area contributed by atoms with Crippen molar-refractivity contribution in [2.24, 2.45) is 5.73 Å². The van der Waals surface area contributed by atoms with Crippen LogP contribution in [0.4, 0.5) is 0 Å². The lowest BCUT2D eigenvalue weighted by Crippen LogP contribution is -2.14. The normalized spacial score (nSPS) is 12.6. The highest BCUT2D eigenvalue weighted by atomic mass is 16.5. The van der Waals surface area contributed by atoms with Crippen LogP contribution >= 0.6 is 0 Å². The van der Waals surface area contributed by atoms with Crippen molar-refractivity contribution in [1.29, 1.82) is 0 Å². The molecule has 0 radical (unpaired) electrons. The van der Waals surface area contributed by atoms with Crippen LogP contribution in [0.1, 0.15) is 17.2 Å². The highest BCUT2D eigenvalue weighted by Gasteiger charge is 2.06. The fourth-order valence-electron chi connectivity index (χ4n) is 1.21. The van der Waals surface area contributed by atoms with Crippen molar-refractivity contribution in [2.45, 2.75) is 13.0 Å². The van der Waals surface area contributed by atoms with Crippen molar-refractivity contribution in [3.8, 4) is 5.75 Å². The Morgan fingerprint density at radius 2 is 2.15 bits per heavy atom. The summed E-state index contributed by atoms with van der Waals surface area (Å²) >= 11 is 0. The van der Waals surface area contributed by atoms with Crippen LogP contribution in [0.5, 0.6) is 5.75 Å². The first-order chi connectivity index (χ1) is 6.17. The van der Waals surface area contributed by atoms with E-state index in [-0.39, 0.29) is 12.6 Å². The monoisotopic (exact) mass is 181 g/mol. The summed E-state index contributed by atoms with van der Waals surface area (Å²) in [6.45, 7) is 1.92. The number of aryl methyl sites for hydroxylation is 1. The Balaban J connectivity index is 3.01. The van der Waals surface area contributed by atoms with Crippen LogP contribution in [0.15, 0.2) is 18.2 Å². The van der Waals surface area contributed by atoms with E-state index in [1.807, 2.05) is 25.1 Å². The van der Waals surface area contributed by atoms with E-state index in [1.165, 1.54) is 0 Å². The van der Waals surface area contributed by atoms with Crippen molar-refractivity contribution in [1.82, 2.24) is 0 Å². The Morgan fingerprint density at radius 3 is 2.69 bits per heavy atom. The molecule has 0 aliphatic rings. The molecule has 0 fully saturated rings. The Hall–Kier alpha value is -1.06. The molecule has 0 aromatic heterocycles. The number of nitrogens with two attached hydrogens (primary N) is 1. The Labute approximate surface area is 78.1 Å². The first kappa shape index (κ1) is 10.0. The maximum Gasteiger partial charge on any atom is 0.119 e. The molecule has 72 valence electrons. The van der Waals surface area contributed by atoms with Gasteiger partial charge in [-0.3, -0.25) is 0 Å². The van der Waals surface area contributed by atoms with Gasteiger partial charge in [-0.1, -0.05) is 6.07 Å². The highest BCUT2D eigenvalue weighted by molar-refractivity contribution is 5.35. The molecule has 0 aliphatic heterocycles. The predicted molar refractivity (Wildman–Crippen MR) is 51.7 cm³/mol. The molecule has 1 atom stereocenters. The minimum absolute atomic E-state index is 0.0490. The summed E-state index contributed by atoms with van der Waals surface area (Å²) in [5.74, 6) is 0.777. The SMILES string of the molecule is COc1cc(C)cc(C(N)CO)c1. The predicted octanol–water partition coefficient (Wildman–Crippen LogP) is 0.996. The molecule has 0 bridgehead atoms. The largest absolute Gasteiger partial charge is 0.497 e. The van der Waals surface area contributed by atoms with Gasteiger partial charge in [0.2, 0.25) is 0 Å². The number of rotatable bonds is 3. The average molecular weight is 181 g/mol. The molecule has 0 saturated heterocycles. The van der Waals surface area contributed by atoms with Crippen molar-refractivity contribution >= 4 is 0 Å². The van der Waals surface area contributed by atoms with Gasteiger partial charge in [0.25, 0.3) is 0 Å². The quantitative estimate of drug-likeness (QED) is 0.731. The zero-order valence-corrected chi connectivity index (χ0v) is 7.95. The van der Waals surface area contributed by atoms with Gasteiger partial charge in [-0.05, 0) is 30.2 Å². The van der Waals surface area contributed by atoms with E-state index in [0.717, 1.165) is 16.9 Å². The number of hydrogen-bond acceptors (Lipinski definition) is 3. The first-order valence-corrected chi connectivity index (χ1v) is 4.19. The van der Waals surface area contributed by atoms with Gasteiger partial charge in [-0.25, -0.2) is 0 Å². The van der Waals surface area contributed by atoms with Crippen molar-refractivity contribution in [3.63, 3.8) is 0 Å². The van der Waals surface area contributed by atoms with Gasteiger partial charge in [-0.15, -0.1) is 0 Å². The Bertz CT molecular complexity index is 286. The van der Waals surface area contributed by atoms with Crippen LogP contribution in [-0.2, 0) is 0 Å². The van der Waals surface area contributed by atoms with E-state index in [2.05, 4.69) is 0 Å². The molecule has 0 aliphatic carbocycles. The van der Waals surface area contributed by atoms with E-state index >= 15 is 0 Å². The zero-order chi connectivity index (χ0) is 9.84. The van der Waals surface area contributed by atoms with Crippen molar-refractivity contribution in [3.05, 3.63) is 29.3 Å². The van der Waals surface area contributed by atoms with E-state index in [1.54, 1.807) is 7.11 Å². The van der Waals surface area contributed by atoms with Crippen molar-refractivity contribution in [2.75, 3.05) is 13.7 Å². The van der Waals surface area contributed by atoms with Gasteiger partial charge in [-0.2, -0.15) is 0 Å². The van der Waals surface area contributed by atoms with Gasteiger partial charge in [0.1, 0.15) is 5.75 Å². The molecular formula is C10H15NO2. The minimum atomic E-state index is -0.325. The number of benzene rings is 1. The van der Waals surface area contributed by atoms with Crippen LogP contribution in [0.2, 0.25) is 0 Å². The number of ether oxygens (including phenoxy) is 1. The third kappa shape index (κ3) is 2.44. The summed E-state index contributed by atoms with van der Waals surface area (Å²) < 4.78 is 5.09. The number of aliphatic hydroxyl groups excluding tert-OH is 1. The second-order valence-electron chi connectivity index (χ2n) is 3.07. The van der Waals surface area contributed by atoms with E-state index in [4.69, 9.17) is 15.6 Å². The average Bonchev–Trinajstić information content (AvgIpc) is 2.15. The van der Waals surface area contributed by atoms with Crippen LogP contribution in [0, 0.1) is 6.92 Å². The molecule has 1 unspecified atom stereocenters. The molecule has 13 heavy (non-hydrogen) atoms. The number of hydrogen-bond donors (Lipinski definition) is 2. The lowest BCUT2D eigenvalue weighted by molar-refractivity contribution is 0.267. The molecule has 1 rings (SSSR count). The summed E-state index contributed by atoms with van der Waals surface area (Å²) in [7, 11) is 1.61. The number of methoxy groups -OCH3 is 1. The summed E-state index contributed by atoms with van der Waals surface area (Å²) in [4.78, 5) is 0. The third-order valence-electron chi connectivity index (χ3n) is 1.93. The van der Waals surface area contributed by atoms with Crippen LogP contribution < -0.4 is 10.5 Å². The molecule has 3 heteroatoms. The first-order valence-electron chi connectivity index (χ1n) is 4.19. The molecular weight excluding hydrogens is 166 g/mol. The topological polar surface area (TPSA) is 55.5 Å². The molecule has 0 heterocycles. The van der Waals surface area contributed by atoms with E-state index < -0.39 is 0 Å². The fraction of sp³-hybridized carbons (Fsp3) is 0.400. The van der Waals surface area contributed by atoms with Gasteiger partial charge in [0.05, 0.1) is 19.8 Å². The zero-order valence-electron chi connectivity index (χ0n) is 7.95. The third-order valence-corrected chi connectivity index (χ3v) is 1.93. The lowest BCUT2D eigenvalue weighted by Gasteiger charge is -2.11. The van der Waals surface area contributed by atoms with E-state index in [9.17, 15) is 0 Å². The van der Waals surface area contributed by atoms with E-state index in [0.29, 0.717) is 0 Å². The fourth-order valence-corrected chi connectivity index (χ4v) is 1.21. The van der Waals surface area contributed by atoms with Gasteiger partial charge in [0.15, 0.2) is 0 Å². The Kier molecular flexibility index (Phi) is 3.28. The second kappa shape index (κ2) is 4.25.